The molecule has 2 rings (SSSR count). The van der Waals surface area contributed by atoms with Gasteiger partial charge in [-0.15, -0.1) is 0 Å². The fraction of sp³-hybridized carbons (Fsp3) is 0.0909. The number of rotatable bonds is 3. The second-order valence-electron chi connectivity index (χ2n) is 3.54. The second-order valence-corrected chi connectivity index (χ2v) is 3.54. The van der Waals surface area contributed by atoms with E-state index in [9.17, 15) is 10.1 Å². The highest BCUT2D eigenvalue weighted by Gasteiger charge is 2.18. The van der Waals surface area contributed by atoms with Gasteiger partial charge in [0.15, 0.2) is 0 Å². The van der Waals surface area contributed by atoms with Gasteiger partial charge in [-0.05, 0) is 12.5 Å². The summed E-state index contributed by atoms with van der Waals surface area (Å²) in [6.45, 7) is 1.72. The van der Waals surface area contributed by atoms with Gasteiger partial charge in [-0.2, -0.15) is 4.98 Å². The number of nitrogens with zero attached hydrogens (tertiary/aromatic N) is 3. The van der Waals surface area contributed by atoms with Crippen LogP contribution < -0.4 is 10.5 Å². The average Bonchev–Trinajstić information content (AvgIpc) is 2.31. The maximum absolute atomic E-state index is 10.9. The van der Waals surface area contributed by atoms with Gasteiger partial charge in [-0.3, -0.25) is 10.1 Å². The summed E-state index contributed by atoms with van der Waals surface area (Å²) in [7, 11) is 0. The Hall–Kier alpha value is -2.70. The van der Waals surface area contributed by atoms with Crippen molar-refractivity contribution in [3.05, 3.63) is 46.1 Å². The summed E-state index contributed by atoms with van der Waals surface area (Å²) in [6, 6.07) is 6.15. The summed E-state index contributed by atoms with van der Waals surface area (Å²) >= 11 is 0. The van der Waals surface area contributed by atoms with Gasteiger partial charge < -0.3 is 10.5 Å². The molecular weight excluding hydrogens is 236 g/mol. The molecule has 18 heavy (non-hydrogen) atoms. The molecule has 0 fully saturated rings. The van der Waals surface area contributed by atoms with Crippen LogP contribution in [0.25, 0.3) is 0 Å². The van der Waals surface area contributed by atoms with Crippen molar-refractivity contribution < 1.29 is 9.66 Å². The number of hydrogen-bond acceptors (Lipinski definition) is 6. The predicted molar refractivity (Wildman–Crippen MR) is 64.4 cm³/mol. The molecule has 7 heteroatoms. The molecule has 0 aliphatic heterocycles. The van der Waals surface area contributed by atoms with Crippen LogP contribution in [0.1, 0.15) is 5.56 Å². The maximum atomic E-state index is 10.9. The van der Waals surface area contributed by atoms with E-state index in [-0.39, 0.29) is 23.3 Å². The van der Waals surface area contributed by atoms with Gasteiger partial charge in [0.1, 0.15) is 0 Å². The molecule has 92 valence electrons. The normalized spacial score (nSPS) is 10.1. The van der Waals surface area contributed by atoms with Gasteiger partial charge in [-0.25, -0.2) is 4.98 Å². The van der Waals surface area contributed by atoms with Crippen LogP contribution in [-0.4, -0.2) is 14.9 Å². The standard InChI is InChI=1S/C11H10N4O3/c1-7-3-2-4-8(15(16)17)10(7)18-9-5-6-13-11(12)14-9/h2-6H,1H3,(H2,12,13,14). The minimum atomic E-state index is -0.507. The molecule has 0 unspecified atom stereocenters. The minimum absolute atomic E-state index is 0.0451. The van der Waals surface area contributed by atoms with Gasteiger partial charge in [0.2, 0.25) is 17.6 Å². The van der Waals surface area contributed by atoms with E-state index in [1.54, 1.807) is 19.1 Å². The minimum Gasteiger partial charge on any atom is -0.431 e. The van der Waals surface area contributed by atoms with Crippen LogP contribution >= 0.6 is 0 Å². The van der Waals surface area contributed by atoms with Crippen molar-refractivity contribution in [2.45, 2.75) is 6.92 Å². The van der Waals surface area contributed by atoms with E-state index < -0.39 is 4.92 Å². The molecule has 0 amide bonds. The van der Waals surface area contributed by atoms with E-state index in [4.69, 9.17) is 10.5 Å². The molecule has 0 aliphatic rings. The third kappa shape index (κ3) is 2.34. The van der Waals surface area contributed by atoms with Gasteiger partial charge in [0.05, 0.1) is 4.92 Å². The molecule has 1 aromatic carbocycles. The van der Waals surface area contributed by atoms with E-state index in [1.807, 2.05) is 0 Å². The summed E-state index contributed by atoms with van der Waals surface area (Å²) in [5.41, 5.74) is 5.93. The molecule has 1 heterocycles. The molecule has 0 radical (unpaired) electrons. The van der Waals surface area contributed by atoms with E-state index in [2.05, 4.69) is 9.97 Å². The van der Waals surface area contributed by atoms with E-state index in [0.29, 0.717) is 5.56 Å². The van der Waals surface area contributed by atoms with Gasteiger partial charge in [0.25, 0.3) is 0 Å². The summed E-state index contributed by atoms with van der Waals surface area (Å²) in [6.07, 6.45) is 1.42. The van der Waals surface area contributed by atoms with Crippen LogP contribution in [0.5, 0.6) is 11.6 Å². The van der Waals surface area contributed by atoms with Gasteiger partial charge in [0, 0.05) is 18.3 Å². The Morgan fingerprint density at radius 1 is 1.39 bits per heavy atom. The number of anilines is 1. The third-order valence-electron chi connectivity index (χ3n) is 2.24. The van der Waals surface area contributed by atoms with Crippen molar-refractivity contribution in [3.8, 4) is 11.6 Å². The van der Waals surface area contributed by atoms with E-state index in [0.717, 1.165) is 0 Å². The number of nitro groups is 1. The number of aromatic nitrogens is 2. The molecule has 2 N–H and O–H groups in total. The number of aryl methyl sites for hydroxylation is 1. The van der Waals surface area contributed by atoms with Crippen molar-refractivity contribution >= 4 is 11.6 Å². The topological polar surface area (TPSA) is 104 Å². The van der Waals surface area contributed by atoms with Crippen LogP contribution in [0.3, 0.4) is 0 Å². The fourth-order valence-electron chi connectivity index (χ4n) is 1.43. The first-order chi connectivity index (χ1) is 8.58. The van der Waals surface area contributed by atoms with Crippen molar-refractivity contribution in [1.82, 2.24) is 9.97 Å². The lowest BCUT2D eigenvalue weighted by molar-refractivity contribution is -0.385. The summed E-state index contributed by atoms with van der Waals surface area (Å²) < 4.78 is 5.41. The van der Waals surface area contributed by atoms with Crippen molar-refractivity contribution in [1.29, 1.82) is 0 Å². The lowest BCUT2D eigenvalue weighted by Crippen LogP contribution is -1.99. The Morgan fingerprint density at radius 2 is 2.17 bits per heavy atom. The number of nitro benzene ring substituents is 1. The summed E-state index contributed by atoms with van der Waals surface area (Å²) in [5.74, 6) is 0.365. The van der Waals surface area contributed by atoms with Crippen molar-refractivity contribution in [3.63, 3.8) is 0 Å². The van der Waals surface area contributed by atoms with Crippen molar-refractivity contribution in [2.75, 3.05) is 5.73 Å². The number of hydrogen-bond donors (Lipinski definition) is 1. The zero-order chi connectivity index (χ0) is 13.1. The smallest absolute Gasteiger partial charge is 0.311 e. The molecule has 0 atom stereocenters. The molecule has 0 bridgehead atoms. The maximum Gasteiger partial charge on any atom is 0.311 e. The zero-order valence-electron chi connectivity index (χ0n) is 9.53. The second kappa shape index (κ2) is 4.66. The highest BCUT2D eigenvalue weighted by molar-refractivity contribution is 5.52. The first-order valence-electron chi connectivity index (χ1n) is 5.08. The molecule has 2 aromatic rings. The fourth-order valence-corrected chi connectivity index (χ4v) is 1.43. The Bertz CT molecular complexity index is 601. The number of nitrogen functional groups attached to an aromatic ring is 1. The molecule has 0 saturated carbocycles. The summed E-state index contributed by atoms with van der Waals surface area (Å²) in [5, 5.41) is 10.9. The SMILES string of the molecule is Cc1cccc([N+](=O)[O-])c1Oc1ccnc(N)n1. The lowest BCUT2D eigenvalue weighted by atomic mass is 10.2. The lowest BCUT2D eigenvalue weighted by Gasteiger charge is -2.07. The average molecular weight is 246 g/mol. The predicted octanol–water partition coefficient (Wildman–Crippen LogP) is 2.07. The highest BCUT2D eigenvalue weighted by atomic mass is 16.6. The molecule has 0 saturated heterocycles. The van der Waals surface area contributed by atoms with Gasteiger partial charge >= 0.3 is 5.69 Å². The van der Waals surface area contributed by atoms with Crippen LogP contribution in [0.15, 0.2) is 30.5 Å². The largest absolute Gasteiger partial charge is 0.431 e. The Kier molecular flexibility index (Phi) is 3.05. The van der Waals surface area contributed by atoms with Gasteiger partial charge in [-0.1, -0.05) is 12.1 Å². The van der Waals surface area contributed by atoms with Crippen LogP contribution in [0, 0.1) is 17.0 Å². The Labute approximate surface area is 102 Å². The number of benzene rings is 1. The monoisotopic (exact) mass is 246 g/mol. The number of para-hydroxylation sites is 1. The van der Waals surface area contributed by atoms with E-state index in [1.165, 1.54) is 18.3 Å². The first kappa shape index (κ1) is 11.8. The Balaban J connectivity index is 2.42. The Morgan fingerprint density at radius 3 is 2.83 bits per heavy atom. The molecule has 7 nitrogen and oxygen atoms in total. The van der Waals surface area contributed by atoms with Crippen LogP contribution in [-0.2, 0) is 0 Å². The van der Waals surface area contributed by atoms with E-state index >= 15 is 0 Å². The highest BCUT2D eigenvalue weighted by Crippen LogP contribution is 2.33. The first-order valence-corrected chi connectivity index (χ1v) is 5.08. The summed E-state index contributed by atoms with van der Waals surface area (Å²) in [4.78, 5) is 17.9. The third-order valence-corrected chi connectivity index (χ3v) is 2.24. The molecule has 0 aliphatic carbocycles. The molecule has 0 spiro atoms. The van der Waals surface area contributed by atoms with Crippen LogP contribution in [0.2, 0.25) is 0 Å². The quantitative estimate of drug-likeness (QED) is 0.656. The number of ether oxygens (including phenoxy) is 1. The zero-order valence-corrected chi connectivity index (χ0v) is 9.53. The molecule has 1 aromatic heterocycles. The number of nitrogens with two attached hydrogens (primary N) is 1. The van der Waals surface area contributed by atoms with Crippen LogP contribution in [0.4, 0.5) is 11.6 Å². The van der Waals surface area contributed by atoms with Crippen molar-refractivity contribution in [2.24, 2.45) is 0 Å². The molecular formula is C11H10N4O3.